The number of carboxylic acid groups (broad SMARTS) is 1. The zero-order chi connectivity index (χ0) is 23.0. The molecule has 3 atom stereocenters. The molecule has 33 heavy (non-hydrogen) atoms. The van der Waals surface area contributed by atoms with E-state index in [1.54, 1.807) is 6.92 Å². The van der Waals surface area contributed by atoms with Crippen molar-refractivity contribution in [3.05, 3.63) is 120 Å². The van der Waals surface area contributed by atoms with Gasteiger partial charge in [0.05, 0.1) is 6.10 Å². The van der Waals surface area contributed by atoms with Gasteiger partial charge in [0.1, 0.15) is 11.6 Å². The topological polar surface area (TPSA) is 72.5 Å². The summed E-state index contributed by atoms with van der Waals surface area (Å²) in [7, 11) is 0. The summed E-state index contributed by atoms with van der Waals surface area (Å²) in [6, 6.07) is 33.6. The van der Waals surface area contributed by atoms with E-state index in [1.807, 2.05) is 60.7 Å². The number of carboxylic acids is 1. The number of carbonyl (C=O) groups is 1. The predicted molar refractivity (Wildman–Crippen MR) is 130 cm³/mol. The molecule has 0 saturated heterocycles. The van der Waals surface area contributed by atoms with E-state index in [2.05, 4.69) is 42.5 Å². The molecule has 5 rings (SSSR count). The molecule has 0 radical (unpaired) electrons. The molecular formula is C29H25NO3. The van der Waals surface area contributed by atoms with Gasteiger partial charge >= 0.3 is 5.97 Å². The molecule has 0 fully saturated rings. The lowest BCUT2D eigenvalue weighted by Gasteiger charge is -2.36. The van der Waals surface area contributed by atoms with Gasteiger partial charge < -0.3 is 15.6 Å². The molecule has 0 saturated carbocycles. The van der Waals surface area contributed by atoms with Crippen LogP contribution < -0.4 is 5.73 Å². The largest absolute Gasteiger partial charge is 0.480 e. The normalized spacial score (nSPS) is 18.2. The molecule has 4 heteroatoms. The van der Waals surface area contributed by atoms with Gasteiger partial charge in [-0.25, -0.2) is 0 Å². The fourth-order valence-electron chi connectivity index (χ4n) is 4.78. The van der Waals surface area contributed by atoms with Gasteiger partial charge in [-0.15, -0.1) is 0 Å². The standard InChI is InChI=1S/C29H25NO3/c1-19(27(30)28(31)32)33-29(22-12-6-3-7-13-22)25-15-9-8-14-23(25)24-17-16-21(18-26(24)29)20-10-4-2-5-11-20/h2-19,27H,30H2,1H3,(H,31,32)/t19-,27+,29?/m1/s1. The monoisotopic (exact) mass is 435 g/mol. The van der Waals surface area contributed by atoms with Crippen molar-refractivity contribution in [3.8, 4) is 22.3 Å². The second-order valence-electron chi connectivity index (χ2n) is 8.41. The molecule has 0 heterocycles. The van der Waals surface area contributed by atoms with E-state index in [-0.39, 0.29) is 0 Å². The minimum atomic E-state index is -1.15. The molecular weight excluding hydrogens is 410 g/mol. The van der Waals surface area contributed by atoms with Crippen molar-refractivity contribution in [1.29, 1.82) is 0 Å². The molecule has 1 aliphatic carbocycles. The second kappa shape index (κ2) is 8.32. The lowest BCUT2D eigenvalue weighted by Crippen LogP contribution is -2.46. The molecule has 0 amide bonds. The van der Waals surface area contributed by atoms with Crippen LogP contribution in [-0.4, -0.2) is 23.2 Å². The maximum atomic E-state index is 11.7. The number of fused-ring (bicyclic) bond motifs is 3. The molecule has 1 aliphatic rings. The van der Waals surface area contributed by atoms with Crippen LogP contribution in [0.1, 0.15) is 23.6 Å². The van der Waals surface area contributed by atoms with Crippen molar-refractivity contribution < 1.29 is 14.6 Å². The van der Waals surface area contributed by atoms with Crippen LogP contribution in [0.4, 0.5) is 0 Å². The second-order valence-corrected chi connectivity index (χ2v) is 8.41. The molecule has 0 aliphatic heterocycles. The van der Waals surface area contributed by atoms with Gasteiger partial charge in [0.15, 0.2) is 0 Å². The minimum Gasteiger partial charge on any atom is -0.480 e. The van der Waals surface area contributed by atoms with Crippen LogP contribution in [0, 0.1) is 0 Å². The molecule has 4 aromatic rings. The first kappa shape index (κ1) is 21.1. The van der Waals surface area contributed by atoms with Gasteiger partial charge in [-0.2, -0.15) is 0 Å². The zero-order valence-corrected chi connectivity index (χ0v) is 18.3. The summed E-state index contributed by atoms with van der Waals surface area (Å²) in [6.07, 6.45) is -0.734. The van der Waals surface area contributed by atoms with E-state index in [1.165, 1.54) is 0 Å². The zero-order valence-electron chi connectivity index (χ0n) is 18.3. The predicted octanol–water partition coefficient (Wildman–Crippen LogP) is 5.44. The van der Waals surface area contributed by atoms with E-state index >= 15 is 0 Å². The van der Waals surface area contributed by atoms with E-state index < -0.39 is 23.7 Å². The van der Waals surface area contributed by atoms with Crippen molar-refractivity contribution in [3.63, 3.8) is 0 Å². The molecule has 4 nitrogen and oxygen atoms in total. The van der Waals surface area contributed by atoms with Crippen molar-refractivity contribution in [2.75, 3.05) is 0 Å². The average molecular weight is 436 g/mol. The quantitative estimate of drug-likeness (QED) is 0.423. The third kappa shape index (κ3) is 3.44. The van der Waals surface area contributed by atoms with Crippen molar-refractivity contribution in [2.24, 2.45) is 5.73 Å². The van der Waals surface area contributed by atoms with E-state index in [0.29, 0.717) is 0 Å². The number of hydrogen-bond donors (Lipinski definition) is 2. The van der Waals surface area contributed by atoms with Crippen LogP contribution in [0.25, 0.3) is 22.3 Å². The lowest BCUT2D eigenvalue weighted by atomic mass is 9.82. The lowest BCUT2D eigenvalue weighted by molar-refractivity contribution is -0.144. The fraction of sp³-hybridized carbons (Fsp3) is 0.138. The Balaban J connectivity index is 1.79. The number of aliphatic carboxylic acids is 1. The van der Waals surface area contributed by atoms with Gasteiger partial charge in [0.25, 0.3) is 0 Å². The Kier molecular flexibility index (Phi) is 5.33. The van der Waals surface area contributed by atoms with Crippen LogP contribution in [0.15, 0.2) is 103 Å². The molecule has 0 aromatic heterocycles. The first-order valence-corrected chi connectivity index (χ1v) is 11.0. The highest BCUT2D eigenvalue weighted by molar-refractivity contribution is 5.85. The number of hydrogen-bond acceptors (Lipinski definition) is 3. The van der Waals surface area contributed by atoms with Gasteiger partial charge in [-0.3, -0.25) is 4.79 Å². The third-order valence-electron chi connectivity index (χ3n) is 6.44. The smallest absolute Gasteiger partial charge is 0.323 e. The molecule has 3 N–H and O–H groups in total. The SMILES string of the molecule is C[C@@H](OC1(c2ccccc2)c2ccccc2-c2ccc(-c3ccccc3)cc21)[C@H](N)C(=O)O. The highest BCUT2D eigenvalue weighted by Crippen LogP contribution is 2.54. The van der Waals surface area contributed by atoms with Gasteiger partial charge in [0, 0.05) is 11.1 Å². The van der Waals surface area contributed by atoms with Crippen molar-refractivity contribution in [2.45, 2.75) is 24.7 Å². The number of rotatable bonds is 6. The molecule has 4 aromatic carbocycles. The number of ether oxygens (including phenoxy) is 1. The van der Waals surface area contributed by atoms with Gasteiger partial charge in [0.2, 0.25) is 0 Å². The molecule has 164 valence electrons. The van der Waals surface area contributed by atoms with Crippen molar-refractivity contribution in [1.82, 2.24) is 0 Å². The Hall–Kier alpha value is -3.73. The van der Waals surface area contributed by atoms with E-state index in [0.717, 1.165) is 38.9 Å². The average Bonchev–Trinajstić information content (AvgIpc) is 3.14. The summed E-state index contributed by atoms with van der Waals surface area (Å²) < 4.78 is 6.75. The van der Waals surface area contributed by atoms with E-state index in [4.69, 9.17) is 10.5 Å². The fourth-order valence-corrected chi connectivity index (χ4v) is 4.78. The van der Waals surface area contributed by atoms with Crippen LogP contribution >= 0.6 is 0 Å². The van der Waals surface area contributed by atoms with Crippen LogP contribution in [0.5, 0.6) is 0 Å². The van der Waals surface area contributed by atoms with Crippen molar-refractivity contribution >= 4 is 5.97 Å². The third-order valence-corrected chi connectivity index (χ3v) is 6.44. The molecule has 1 unspecified atom stereocenters. The summed E-state index contributed by atoms with van der Waals surface area (Å²) in [4.78, 5) is 11.7. The summed E-state index contributed by atoms with van der Waals surface area (Å²) in [5, 5.41) is 9.56. The first-order chi connectivity index (χ1) is 16.0. The van der Waals surface area contributed by atoms with Crippen LogP contribution in [0.3, 0.4) is 0 Å². The van der Waals surface area contributed by atoms with Gasteiger partial charge in [-0.05, 0) is 40.8 Å². The Morgan fingerprint density at radius 2 is 1.39 bits per heavy atom. The van der Waals surface area contributed by atoms with Crippen LogP contribution in [-0.2, 0) is 15.1 Å². The van der Waals surface area contributed by atoms with Gasteiger partial charge in [-0.1, -0.05) is 97.1 Å². The summed E-state index contributed by atoms with van der Waals surface area (Å²) in [5.41, 5.74) is 12.3. The van der Waals surface area contributed by atoms with Crippen LogP contribution in [0.2, 0.25) is 0 Å². The summed E-state index contributed by atoms with van der Waals surface area (Å²) in [6.45, 7) is 1.73. The highest BCUT2D eigenvalue weighted by Gasteiger charge is 2.48. The molecule has 0 spiro atoms. The molecule has 0 bridgehead atoms. The Morgan fingerprint density at radius 3 is 2.09 bits per heavy atom. The van der Waals surface area contributed by atoms with E-state index in [9.17, 15) is 9.90 Å². The highest BCUT2D eigenvalue weighted by atomic mass is 16.5. The minimum absolute atomic E-state index is 0.734. The number of benzene rings is 4. The Labute approximate surface area is 193 Å². The maximum absolute atomic E-state index is 11.7. The summed E-state index contributed by atoms with van der Waals surface area (Å²) >= 11 is 0. The summed E-state index contributed by atoms with van der Waals surface area (Å²) in [5.74, 6) is -1.09. The Morgan fingerprint density at radius 1 is 0.788 bits per heavy atom. The number of nitrogens with two attached hydrogens (primary N) is 1. The maximum Gasteiger partial charge on any atom is 0.323 e. The first-order valence-electron chi connectivity index (χ1n) is 11.0. The Bertz CT molecular complexity index is 1300.